The molecule has 1 atom stereocenters. The number of hydrogen-bond acceptors (Lipinski definition) is 3. The van der Waals surface area contributed by atoms with E-state index in [4.69, 9.17) is 5.11 Å². The van der Waals surface area contributed by atoms with E-state index >= 15 is 0 Å². The predicted molar refractivity (Wildman–Crippen MR) is 114 cm³/mol. The van der Waals surface area contributed by atoms with E-state index < -0.39 is 17.9 Å². The SMILES string of the molecule is CCCCCCCCCC/C=C/CCCCCCCCC(CC(=O)[O-])C(=O)O.[K+]. The van der Waals surface area contributed by atoms with Gasteiger partial charge in [0.15, 0.2) is 0 Å². The summed E-state index contributed by atoms with van der Waals surface area (Å²) in [6, 6.07) is 0. The molecule has 0 rings (SSSR count). The molecule has 0 aliphatic rings. The van der Waals surface area contributed by atoms with Crippen LogP contribution in [0.5, 0.6) is 0 Å². The maximum absolute atomic E-state index is 11.0. The van der Waals surface area contributed by atoms with Crippen LogP contribution in [0.1, 0.15) is 122 Å². The largest absolute Gasteiger partial charge is 1.00 e. The molecular formula is C24H43KO4. The summed E-state index contributed by atoms with van der Waals surface area (Å²) < 4.78 is 0. The molecule has 164 valence electrons. The van der Waals surface area contributed by atoms with Crippen LogP contribution >= 0.6 is 0 Å². The van der Waals surface area contributed by atoms with Crippen molar-refractivity contribution < 1.29 is 71.2 Å². The Hall–Kier alpha value is 0.316. The van der Waals surface area contributed by atoms with Gasteiger partial charge in [-0.05, 0) is 32.1 Å². The number of allylic oxidation sites excluding steroid dienone is 2. The number of hydrogen-bond donors (Lipinski definition) is 1. The summed E-state index contributed by atoms with van der Waals surface area (Å²) in [5.74, 6) is -3.10. The van der Waals surface area contributed by atoms with E-state index in [0.29, 0.717) is 6.42 Å². The zero-order chi connectivity index (χ0) is 20.9. The second kappa shape index (κ2) is 24.6. The minimum atomic E-state index is -1.28. The molecule has 5 heteroatoms. The van der Waals surface area contributed by atoms with E-state index in [1.807, 2.05) is 0 Å². The standard InChI is InChI=1S/C24H44O4.K/c1-2-3-4-5-6-7-8-9-10-11-12-13-14-15-16-17-18-19-20-22(24(27)28)21-23(25)26;/h11-12,22H,2-10,13-21H2,1H3,(H,25,26)(H,27,28);/q;+1/p-1/b12-11+;. The van der Waals surface area contributed by atoms with Crippen LogP contribution in [0.3, 0.4) is 0 Å². The molecule has 0 fully saturated rings. The predicted octanol–water partition coefficient (Wildman–Crippen LogP) is 3.04. The van der Waals surface area contributed by atoms with Gasteiger partial charge in [-0.1, -0.05) is 96.1 Å². The van der Waals surface area contributed by atoms with Gasteiger partial charge in [0.05, 0.1) is 5.92 Å². The van der Waals surface area contributed by atoms with Crippen molar-refractivity contribution in [1.82, 2.24) is 0 Å². The van der Waals surface area contributed by atoms with Gasteiger partial charge in [0.2, 0.25) is 0 Å². The van der Waals surface area contributed by atoms with Crippen molar-refractivity contribution in [3.63, 3.8) is 0 Å². The first-order chi connectivity index (χ1) is 13.6. The summed E-state index contributed by atoms with van der Waals surface area (Å²) in [4.78, 5) is 21.5. The molecule has 0 saturated carbocycles. The fraction of sp³-hybridized carbons (Fsp3) is 0.833. The Bertz CT molecular complexity index is 410. The van der Waals surface area contributed by atoms with Crippen molar-refractivity contribution in [2.24, 2.45) is 5.92 Å². The minimum Gasteiger partial charge on any atom is -0.550 e. The summed E-state index contributed by atoms with van der Waals surface area (Å²) in [6.07, 6.45) is 24.5. The smallest absolute Gasteiger partial charge is 0.550 e. The van der Waals surface area contributed by atoms with E-state index in [0.717, 1.165) is 25.7 Å². The number of aliphatic carboxylic acids is 2. The van der Waals surface area contributed by atoms with Gasteiger partial charge in [0.1, 0.15) is 0 Å². The summed E-state index contributed by atoms with van der Waals surface area (Å²) in [7, 11) is 0. The Balaban J connectivity index is 0. The van der Waals surface area contributed by atoms with Crippen LogP contribution in [0.2, 0.25) is 0 Å². The Morgan fingerprint density at radius 1 is 0.759 bits per heavy atom. The van der Waals surface area contributed by atoms with E-state index in [9.17, 15) is 14.7 Å². The fourth-order valence-corrected chi connectivity index (χ4v) is 3.51. The molecule has 0 amide bonds. The molecule has 0 bridgehead atoms. The third-order valence-electron chi connectivity index (χ3n) is 5.33. The molecule has 0 aromatic rings. The van der Waals surface area contributed by atoms with Gasteiger partial charge in [-0.2, -0.15) is 0 Å². The van der Waals surface area contributed by atoms with Crippen molar-refractivity contribution in [3.05, 3.63) is 12.2 Å². The van der Waals surface area contributed by atoms with Crippen molar-refractivity contribution in [2.75, 3.05) is 0 Å². The third kappa shape index (κ3) is 24.5. The molecule has 1 N–H and O–H groups in total. The second-order valence-corrected chi connectivity index (χ2v) is 8.04. The fourth-order valence-electron chi connectivity index (χ4n) is 3.51. The molecule has 0 aromatic heterocycles. The van der Waals surface area contributed by atoms with Crippen LogP contribution in [-0.4, -0.2) is 17.0 Å². The molecule has 0 aliphatic carbocycles. The molecule has 0 radical (unpaired) electrons. The summed E-state index contributed by atoms with van der Waals surface area (Å²) in [6.45, 7) is 2.26. The average Bonchev–Trinajstić information content (AvgIpc) is 2.65. The van der Waals surface area contributed by atoms with E-state index in [1.165, 1.54) is 77.0 Å². The van der Waals surface area contributed by atoms with Gasteiger partial charge in [0, 0.05) is 12.4 Å². The van der Waals surface area contributed by atoms with Crippen LogP contribution in [0.25, 0.3) is 0 Å². The van der Waals surface area contributed by atoms with Crippen LogP contribution in [0.15, 0.2) is 12.2 Å². The van der Waals surface area contributed by atoms with Gasteiger partial charge < -0.3 is 15.0 Å². The molecule has 0 heterocycles. The quantitative estimate of drug-likeness (QED) is 0.171. The first kappa shape index (κ1) is 31.5. The Morgan fingerprint density at radius 3 is 1.59 bits per heavy atom. The molecule has 0 saturated heterocycles. The summed E-state index contributed by atoms with van der Waals surface area (Å²) in [5, 5.41) is 19.5. The van der Waals surface area contributed by atoms with Crippen molar-refractivity contribution in [2.45, 2.75) is 122 Å². The number of carbonyl (C=O) groups excluding carboxylic acids is 1. The van der Waals surface area contributed by atoms with E-state index in [-0.39, 0.29) is 57.8 Å². The Labute approximate surface area is 221 Å². The molecule has 1 unspecified atom stereocenters. The van der Waals surface area contributed by atoms with Crippen LogP contribution < -0.4 is 56.5 Å². The van der Waals surface area contributed by atoms with Crippen molar-refractivity contribution >= 4 is 11.9 Å². The first-order valence-electron chi connectivity index (χ1n) is 11.7. The Kier molecular flexibility index (Phi) is 26.7. The average molecular weight is 435 g/mol. The minimum absolute atomic E-state index is 0. The molecule has 0 aromatic carbocycles. The summed E-state index contributed by atoms with van der Waals surface area (Å²) >= 11 is 0. The molecule has 4 nitrogen and oxygen atoms in total. The number of carboxylic acids is 2. The van der Waals surface area contributed by atoms with Crippen molar-refractivity contribution in [3.8, 4) is 0 Å². The van der Waals surface area contributed by atoms with Gasteiger partial charge >= 0.3 is 57.4 Å². The van der Waals surface area contributed by atoms with E-state index in [2.05, 4.69) is 19.1 Å². The Morgan fingerprint density at radius 2 is 1.17 bits per heavy atom. The topological polar surface area (TPSA) is 77.4 Å². The molecule has 0 spiro atoms. The third-order valence-corrected chi connectivity index (χ3v) is 5.33. The van der Waals surface area contributed by atoms with Crippen LogP contribution in [0, 0.1) is 5.92 Å². The van der Waals surface area contributed by atoms with Crippen LogP contribution in [0.4, 0.5) is 0 Å². The van der Waals surface area contributed by atoms with Gasteiger partial charge in [-0.25, -0.2) is 0 Å². The maximum Gasteiger partial charge on any atom is 1.00 e. The monoisotopic (exact) mass is 434 g/mol. The molecular weight excluding hydrogens is 391 g/mol. The number of rotatable bonds is 21. The number of carbonyl (C=O) groups is 2. The molecule has 0 aliphatic heterocycles. The van der Waals surface area contributed by atoms with Gasteiger partial charge in [0.25, 0.3) is 0 Å². The number of unbranched alkanes of at least 4 members (excludes halogenated alkanes) is 14. The van der Waals surface area contributed by atoms with Crippen molar-refractivity contribution in [1.29, 1.82) is 0 Å². The van der Waals surface area contributed by atoms with Crippen LogP contribution in [-0.2, 0) is 9.59 Å². The first-order valence-corrected chi connectivity index (χ1v) is 11.7. The van der Waals surface area contributed by atoms with E-state index in [1.54, 1.807) is 0 Å². The second-order valence-electron chi connectivity index (χ2n) is 8.04. The van der Waals surface area contributed by atoms with Gasteiger partial charge in [-0.15, -0.1) is 0 Å². The zero-order valence-corrected chi connectivity index (χ0v) is 22.3. The molecule has 29 heavy (non-hydrogen) atoms. The summed E-state index contributed by atoms with van der Waals surface area (Å²) in [5.41, 5.74) is 0. The number of carboxylic acid groups (broad SMARTS) is 2. The zero-order valence-electron chi connectivity index (χ0n) is 19.1. The maximum atomic E-state index is 11.0. The van der Waals surface area contributed by atoms with Gasteiger partial charge in [-0.3, -0.25) is 4.79 Å². The normalized spacial score (nSPS) is 12.0.